The second kappa shape index (κ2) is 9.04. The average molecular weight is 415 g/mol. The molecule has 1 amide bonds. The Labute approximate surface area is 183 Å². The molecule has 0 spiro atoms. The monoisotopic (exact) mass is 414 g/mol. The number of nitrogens with zero attached hydrogens (tertiary/aromatic N) is 2. The highest BCUT2D eigenvalue weighted by molar-refractivity contribution is 6.20. The second-order valence-corrected chi connectivity index (χ2v) is 7.19. The fourth-order valence-corrected chi connectivity index (χ4v) is 3.91. The summed E-state index contributed by atoms with van der Waals surface area (Å²) in [5.74, 6) is 1.17. The molecule has 1 atom stereocenters. The third-order valence-corrected chi connectivity index (χ3v) is 5.36. The van der Waals surface area contributed by atoms with Crippen molar-refractivity contribution in [2.24, 2.45) is 4.99 Å². The number of amides is 1. The van der Waals surface area contributed by atoms with E-state index in [2.05, 4.69) is 0 Å². The van der Waals surface area contributed by atoms with Crippen molar-refractivity contribution < 1.29 is 14.3 Å². The van der Waals surface area contributed by atoms with Gasteiger partial charge in [0.1, 0.15) is 0 Å². The van der Waals surface area contributed by atoms with E-state index in [-0.39, 0.29) is 5.91 Å². The van der Waals surface area contributed by atoms with E-state index in [0.29, 0.717) is 24.7 Å². The number of carbonyl (C=O) groups excluding carboxylic acids is 1. The first kappa shape index (κ1) is 20.7. The predicted molar refractivity (Wildman–Crippen MR) is 123 cm³/mol. The molecule has 0 aliphatic carbocycles. The van der Waals surface area contributed by atoms with Crippen LogP contribution in [-0.2, 0) is 4.79 Å². The van der Waals surface area contributed by atoms with Gasteiger partial charge in [-0.3, -0.25) is 9.79 Å². The summed E-state index contributed by atoms with van der Waals surface area (Å²) in [6.45, 7) is 4.92. The van der Waals surface area contributed by atoms with Crippen LogP contribution in [-0.4, -0.2) is 31.9 Å². The van der Waals surface area contributed by atoms with E-state index in [1.54, 1.807) is 12.0 Å². The average Bonchev–Trinajstić information content (AvgIpc) is 2.93. The van der Waals surface area contributed by atoms with Gasteiger partial charge in [0.2, 0.25) is 0 Å². The molecular weight excluding hydrogens is 388 g/mol. The Morgan fingerprint density at radius 1 is 0.935 bits per heavy atom. The van der Waals surface area contributed by atoms with E-state index in [1.807, 2.05) is 86.6 Å². The molecule has 0 saturated carbocycles. The molecule has 1 aliphatic rings. The molecule has 1 aliphatic heterocycles. The van der Waals surface area contributed by atoms with Gasteiger partial charge >= 0.3 is 0 Å². The van der Waals surface area contributed by atoms with Gasteiger partial charge in [0.25, 0.3) is 5.91 Å². The molecule has 1 heterocycles. The number of aliphatic imine (C=N–C) groups is 1. The quantitative estimate of drug-likeness (QED) is 0.568. The molecular formula is C26H26N2O3. The molecule has 31 heavy (non-hydrogen) atoms. The highest BCUT2D eigenvalue weighted by Crippen LogP contribution is 2.40. The SMILES string of the molecule is CCOc1cc2c(cc1OC)C(c1ccccc1)=NC(c1ccccc1)C(=O)N2CC. The van der Waals surface area contributed by atoms with Crippen molar-refractivity contribution in [3.8, 4) is 11.5 Å². The van der Waals surface area contributed by atoms with Crippen LogP contribution in [0.1, 0.15) is 36.6 Å². The zero-order valence-electron chi connectivity index (χ0n) is 18.0. The minimum atomic E-state index is -0.634. The van der Waals surface area contributed by atoms with E-state index >= 15 is 0 Å². The van der Waals surface area contributed by atoms with Crippen LogP contribution in [0.3, 0.4) is 0 Å². The first-order valence-electron chi connectivity index (χ1n) is 10.5. The van der Waals surface area contributed by atoms with Crippen LogP contribution in [0.2, 0.25) is 0 Å². The van der Waals surface area contributed by atoms with E-state index in [0.717, 1.165) is 28.1 Å². The van der Waals surface area contributed by atoms with Crippen LogP contribution in [0.25, 0.3) is 0 Å². The molecule has 4 rings (SSSR count). The molecule has 0 fully saturated rings. The van der Waals surface area contributed by atoms with Crippen molar-refractivity contribution in [1.82, 2.24) is 0 Å². The normalized spacial score (nSPS) is 15.7. The molecule has 0 aromatic heterocycles. The first-order chi connectivity index (χ1) is 15.2. The summed E-state index contributed by atoms with van der Waals surface area (Å²) in [4.78, 5) is 20.5. The molecule has 5 heteroatoms. The van der Waals surface area contributed by atoms with Gasteiger partial charge < -0.3 is 14.4 Å². The number of hydrogen-bond acceptors (Lipinski definition) is 4. The Morgan fingerprint density at radius 2 is 1.61 bits per heavy atom. The predicted octanol–water partition coefficient (Wildman–Crippen LogP) is 5.04. The van der Waals surface area contributed by atoms with Crippen LogP contribution < -0.4 is 14.4 Å². The third kappa shape index (κ3) is 3.91. The number of benzodiazepines with no additional fused rings is 1. The highest BCUT2D eigenvalue weighted by atomic mass is 16.5. The van der Waals surface area contributed by atoms with E-state index in [9.17, 15) is 4.79 Å². The molecule has 5 nitrogen and oxygen atoms in total. The number of carbonyl (C=O) groups is 1. The Balaban J connectivity index is 2.00. The van der Waals surface area contributed by atoms with Gasteiger partial charge in [-0.2, -0.15) is 0 Å². The number of anilines is 1. The van der Waals surface area contributed by atoms with Crippen molar-refractivity contribution in [2.75, 3.05) is 25.2 Å². The fraction of sp³-hybridized carbons (Fsp3) is 0.231. The van der Waals surface area contributed by atoms with E-state index in [1.165, 1.54) is 0 Å². The summed E-state index contributed by atoms with van der Waals surface area (Å²) >= 11 is 0. The van der Waals surface area contributed by atoms with Crippen molar-refractivity contribution >= 4 is 17.3 Å². The minimum Gasteiger partial charge on any atom is -0.493 e. The Bertz CT molecular complexity index is 1090. The number of fused-ring (bicyclic) bond motifs is 1. The maximum atomic E-state index is 13.7. The van der Waals surface area contributed by atoms with E-state index in [4.69, 9.17) is 14.5 Å². The summed E-state index contributed by atoms with van der Waals surface area (Å²) in [5.41, 5.74) is 4.19. The highest BCUT2D eigenvalue weighted by Gasteiger charge is 2.33. The summed E-state index contributed by atoms with van der Waals surface area (Å²) in [6.07, 6.45) is 0. The first-order valence-corrected chi connectivity index (χ1v) is 10.5. The smallest absolute Gasteiger partial charge is 0.256 e. The number of benzene rings is 3. The number of hydrogen-bond donors (Lipinski definition) is 0. The Morgan fingerprint density at radius 3 is 2.23 bits per heavy atom. The maximum absolute atomic E-state index is 13.7. The van der Waals surface area contributed by atoms with Crippen LogP contribution in [0.4, 0.5) is 5.69 Å². The molecule has 158 valence electrons. The van der Waals surface area contributed by atoms with Gasteiger partial charge in [-0.15, -0.1) is 0 Å². The lowest BCUT2D eigenvalue weighted by Gasteiger charge is -2.25. The van der Waals surface area contributed by atoms with Crippen molar-refractivity contribution in [3.05, 3.63) is 89.5 Å². The lowest BCUT2D eigenvalue weighted by molar-refractivity contribution is -0.119. The van der Waals surface area contributed by atoms with Gasteiger partial charge in [-0.1, -0.05) is 60.7 Å². The number of ether oxygens (including phenoxy) is 2. The summed E-state index contributed by atoms with van der Waals surface area (Å²) in [7, 11) is 1.62. The van der Waals surface area contributed by atoms with Gasteiger partial charge in [-0.05, 0) is 25.5 Å². The molecule has 0 bridgehead atoms. The van der Waals surface area contributed by atoms with Crippen LogP contribution in [0.5, 0.6) is 11.5 Å². The lowest BCUT2D eigenvalue weighted by atomic mass is 9.99. The van der Waals surface area contributed by atoms with Crippen LogP contribution in [0.15, 0.2) is 77.8 Å². The third-order valence-electron chi connectivity index (χ3n) is 5.36. The summed E-state index contributed by atoms with van der Waals surface area (Å²) < 4.78 is 11.4. The van der Waals surface area contributed by atoms with Crippen molar-refractivity contribution in [2.45, 2.75) is 19.9 Å². The minimum absolute atomic E-state index is 0.0616. The number of likely N-dealkylation sites (N-methyl/N-ethyl adjacent to an activating group) is 1. The second-order valence-electron chi connectivity index (χ2n) is 7.19. The molecule has 3 aromatic rings. The Kier molecular flexibility index (Phi) is 6.03. The van der Waals surface area contributed by atoms with Gasteiger partial charge in [0.05, 0.1) is 25.1 Å². The molecule has 1 unspecified atom stereocenters. The molecule has 0 radical (unpaired) electrons. The maximum Gasteiger partial charge on any atom is 0.256 e. The number of methoxy groups -OCH3 is 1. The summed E-state index contributed by atoms with van der Waals surface area (Å²) in [5, 5.41) is 0. The van der Waals surface area contributed by atoms with Crippen molar-refractivity contribution in [3.63, 3.8) is 0 Å². The van der Waals surface area contributed by atoms with Crippen LogP contribution in [0, 0.1) is 0 Å². The van der Waals surface area contributed by atoms with Crippen LogP contribution >= 0.6 is 0 Å². The zero-order valence-corrected chi connectivity index (χ0v) is 18.0. The standard InChI is InChI=1S/C26H26N2O3/c1-4-28-21-17-23(31-5-2)22(30-3)16-20(21)24(18-12-8-6-9-13-18)27-25(26(28)29)19-14-10-7-11-15-19/h6-17,25H,4-5H2,1-3H3. The Hall–Kier alpha value is -3.60. The molecule has 3 aromatic carbocycles. The van der Waals surface area contributed by atoms with Crippen molar-refractivity contribution in [1.29, 1.82) is 0 Å². The molecule has 0 N–H and O–H groups in total. The zero-order chi connectivity index (χ0) is 21.8. The lowest BCUT2D eigenvalue weighted by Crippen LogP contribution is -2.34. The van der Waals surface area contributed by atoms with Gasteiger partial charge in [0, 0.05) is 23.7 Å². The fourth-order valence-electron chi connectivity index (χ4n) is 3.91. The van der Waals surface area contributed by atoms with E-state index < -0.39 is 6.04 Å². The summed E-state index contributed by atoms with van der Waals surface area (Å²) in [6, 6.07) is 22.9. The van der Waals surface area contributed by atoms with Gasteiger partial charge in [0.15, 0.2) is 17.5 Å². The van der Waals surface area contributed by atoms with Gasteiger partial charge in [-0.25, -0.2) is 0 Å². The number of rotatable bonds is 6. The largest absolute Gasteiger partial charge is 0.493 e. The molecule has 0 saturated heterocycles. The topological polar surface area (TPSA) is 51.1 Å².